The molecule has 0 aliphatic carbocycles. The number of carbonyl (C=O) groups is 1. The number of piperidine rings is 1. The Morgan fingerprint density at radius 1 is 1.13 bits per heavy atom. The van der Waals surface area contributed by atoms with E-state index >= 15 is 0 Å². The number of nitrogens with zero attached hydrogens (tertiary/aromatic N) is 3. The minimum atomic E-state index is -0.0448. The molecule has 0 saturated carbocycles. The molecule has 0 aromatic heterocycles. The molecule has 1 unspecified atom stereocenters. The third-order valence-corrected chi connectivity index (χ3v) is 5.93. The number of benzene rings is 1. The molecule has 168 valence electrons. The van der Waals surface area contributed by atoms with Gasteiger partial charge < -0.3 is 15.0 Å². The van der Waals surface area contributed by atoms with Crippen LogP contribution in [0.15, 0.2) is 35.3 Å². The van der Waals surface area contributed by atoms with Gasteiger partial charge in [-0.05, 0) is 51.6 Å². The fourth-order valence-electron chi connectivity index (χ4n) is 4.33. The number of rotatable bonds is 7. The van der Waals surface area contributed by atoms with Crippen molar-refractivity contribution in [3.05, 3.63) is 35.9 Å². The maximum atomic E-state index is 12.0. The van der Waals surface area contributed by atoms with Crippen LogP contribution in [0.25, 0.3) is 0 Å². The van der Waals surface area contributed by atoms with E-state index in [4.69, 9.17) is 9.73 Å². The Bertz CT molecular complexity index is 662. The number of esters is 1. The lowest BCUT2D eigenvalue weighted by atomic mass is 9.97. The van der Waals surface area contributed by atoms with Gasteiger partial charge in [-0.1, -0.05) is 30.3 Å². The number of guanidine groups is 1. The number of carbonyl (C=O) groups excluding carboxylic acids is 1. The summed E-state index contributed by atoms with van der Waals surface area (Å²) in [6.45, 7) is 9.98. The average molecular weight is 528 g/mol. The van der Waals surface area contributed by atoms with Crippen molar-refractivity contribution in [2.24, 2.45) is 10.9 Å². The highest BCUT2D eigenvalue weighted by molar-refractivity contribution is 14.0. The van der Waals surface area contributed by atoms with Gasteiger partial charge in [0.15, 0.2) is 5.96 Å². The van der Waals surface area contributed by atoms with E-state index in [0.717, 1.165) is 58.1 Å². The van der Waals surface area contributed by atoms with E-state index in [-0.39, 0.29) is 35.9 Å². The molecule has 2 aliphatic heterocycles. The molecule has 1 N–H and O–H groups in total. The maximum Gasteiger partial charge on any atom is 0.309 e. The zero-order valence-electron chi connectivity index (χ0n) is 18.4. The van der Waals surface area contributed by atoms with Crippen LogP contribution in [0.3, 0.4) is 0 Å². The molecular weight excluding hydrogens is 491 g/mol. The van der Waals surface area contributed by atoms with Crippen molar-refractivity contribution in [1.29, 1.82) is 0 Å². The summed E-state index contributed by atoms with van der Waals surface area (Å²) in [5, 5.41) is 3.45. The summed E-state index contributed by atoms with van der Waals surface area (Å²) in [7, 11) is 0. The van der Waals surface area contributed by atoms with Crippen molar-refractivity contribution < 1.29 is 9.53 Å². The van der Waals surface area contributed by atoms with Gasteiger partial charge in [-0.15, -0.1) is 24.0 Å². The van der Waals surface area contributed by atoms with Gasteiger partial charge in [0.1, 0.15) is 0 Å². The van der Waals surface area contributed by atoms with E-state index in [0.29, 0.717) is 12.6 Å². The first-order chi connectivity index (χ1) is 14.2. The molecular formula is C23H37IN4O2. The van der Waals surface area contributed by atoms with E-state index in [1.807, 2.05) is 6.92 Å². The summed E-state index contributed by atoms with van der Waals surface area (Å²) in [6, 6.07) is 11.2. The lowest BCUT2D eigenvalue weighted by molar-refractivity contribution is -0.149. The Balaban J connectivity index is 0.00000320. The molecule has 2 saturated heterocycles. The van der Waals surface area contributed by atoms with Crippen molar-refractivity contribution in [3.8, 4) is 0 Å². The Hall–Kier alpha value is -1.35. The summed E-state index contributed by atoms with van der Waals surface area (Å²) in [5.41, 5.74) is 1.37. The van der Waals surface area contributed by atoms with Crippen LogP contribution >= 0.6 is 24.0 Å². The summed E-state index contributed by atoms with van der Waals surface area (Å²) >= 11 is 0. The number of hydrogen-bond acceptors (Lipinski definition) is 4. The van der Waals surface area contributed by atoms with E-state index in [1.54, 1.807) is 0 Å². The molecule has 0 amide bonds. The molecule has 7 heteroatoms. The summed E-state index contributed by atoms with van der Waals surface area (Å²) in [4.78, 5) is 21.9. The van der Waals surface area contributed by atoms with Crippen molar-refractivity contribution in [2.75, 3.05) is 39.3 Å². The minimum absolute atomic E-state index is 0. The molecule has 0 bridgehead atoms. The maximum absolute atomic E-state index is 12.0. The molecule has 0 radical (unpaired) electrons. The van der Waals surface area contributed by atoms with Crippen molar-refractivity contribution >= 4 is 35.9 Å². The fraction of sp³-hybridized carbons (Fsp3) is 0.652. The van der Waals surface area contributed by atoms with Crippen LogP contribution in [0.4, 0.5) is 0 Å². The third kappa shape index (κ3) is 7.11. The first kappa shape index (κ1) is 24.9. The lowest BCUT2D eigenvalue weighted by Crippen LogP contribution is -2.47. The van der Waals surface area contributed by atoms with E-state index in [9.17, 15) is 4.79 Å². The topological polar surface area (TPSA) is 57.2 Å². The lowest BCUT2D eigenvalue weighted by Gasteiger charge is -2.33. The molecule has 3 rings (SSSR count). The van der Waals surface area contributed by atoms with E-state index < -0.39 is 0 Å². The first-order valence-electron chi connectivity index (χ1n) is 11.2. The zero-order chi connectivity index (χ0) is 20.5. The Labute approximate surface area is 198 Å². The molecule has 2 aliphatic rings. The highest BCUT2D eigenvalue weighted by Gasteiger charge is 2.28. The van der Waals surface area contributed by atoms with Crippen LogP contribution in [0, 0.1) is 5.92 Å². The molecule has 1 atom stereocenters. The SMILES string of the molecule is CCNC(=NCC1CCCN1Cc1ccccc1)N1CCC(C(=O)OCC)CC1.I. The van der Waals surface area contributed by atoms with Crippen LogP contribution in [0.5, 0.6) is 0 Å². The van der Waals surface area contributed by atoms with E-state index in [2.05, 4.69) is 52.4 Å². The zero-order valence-corrected chi connectivity index (χ0v) is 20.7. The second-order valence-corrected chi connectivity index (χ2v) is 7.96. The van der Waals surface area contributed by atoms with Crippen LogP contribution in [-0.4, -0.2) is 67.1 Å². The number of ether oxygens (including phenoxy) is 1. The Kier molecular flexibility index (Phi) is 10.9. The number of likely N-dealkylation sites (tertiary alicyclic amines) is 2. The largest absolute Gasteiger partial charge is 0.466 e. The summed E-state index contributed by atoms with van der Waals surface area (Å²) in [5.74, 6) is 0.975. The van der Waals surface area contributed by atoms with Gasteiger partial charge in [0.05, 0.1) is 19.1 Å². The molecule has 0 spiro atoms. The number of hydrogen-bond donors (Lipinski definition) is 1. The standard InChI is InChI=1S/C23H36N4O2.HI/c1-3-24-23(26-15-12-20(13-16-26)22(28)29-4-2)25-17-21-11-8-14-27(21)18-19-9-6-5-7-10-19;/h5-7,9-10,20-21H,3-4,8,11-18H2,1-2H3,(H,24,25);1H. The predicted octanol–water partition coefficient (Wildman–Crippen LogP) is 3.51. The van der Waals surface area contributed by atoms with Crippen LogP contribution in [0.1, 0.15) is 45.1 Å². The smallest absolute Gasteiger partial charge is 0.309 e. The first-order valence-corrected chi connectivity index (χ1v) is 11.2. The number of nitrogens with one attached hydrogen (secondary N) is 1. The Morgan fingerprint density at radius 2 is 1.87 bits per heavy atom. The highest BCUT2D eigenvalue weighted by atomic mass is 127. The van der Waals surface area contributed by atoms with Crippen LogP contribution < -0.4 is 5.32 Å². The summed E-state index contributed by atoms with van der Waals surface area (Å²) in [6.07, 6.45) is 4.13. The Morgan fingerprint density at radius 3 is 2.53 bits per heavy atom. The second-order valence-electron chi connectivity index (χ2n) is 7.96. The van der Waals surface area contributed by atoms with Crippen molar-refractivity contribution in [2.45, 2.75) is 52.1 Å². The molecule has 1 aromatic carbocycles. The average Bonchev–Trinajstić information content (AvgIpc) is 3.19. The summed E-state index contributed by atoms with van der Waals surface area (Å²) < 4.78 is 5.19. The fourth-order valence-corrected chi connectivity index (χ4v) is 4.33. The minimum Gasteiger partial charge on any atom is -0.466 e. The molecule has 2 fully saturated rings. The van der Waals surface area contributed by atoms with Gasteiger partial charge >= 0.3 is 5.97 Å². The monoisotopic (exact) mass is 528 g/mol. The number of aliphatic imine (C=N–C) groups is 1. The van der Waals surface area contributed by atoms with Gasteiger partial charge in [-0.3, -0.25) is 14.7 Å². The van der Waals surface area contributed by atoms with E-state index in [1.165, 1.54) is 18.4 Å². The molecule has 30 heavy (non-hydrogen) atoms. The van der Waals surface area contributed by atoms with Gasteiger partial charge in [0.25, 0.3) is 0 Å². The molecule has 1 aromatic rings. The molecule has 2 heterocycles. The van der Waals surface area contributed by atoms with Gasteiger partial charge in [0, 0.05) is 32.2 Å². The molecule has 6 nitrogen and oxygen atoms in total. The van der Waals surface area contributed by atoms with Gasteiger partial charge in [-0.2, -0.15) is 0 Å². The number of halogens is 1. The quantitative estimate of drug-likeness (QED) is 0.254. The van der Waals surface area contributed by atoms with Crippen LogP contribution in [-0.2, 0) is 16.1 Å². The second kappa shape index (κ2) is 13.1. The normalized spacial score (nSPS) is 20.7. The predicted molar refractivity (Wildman–Crippen MR) is 132 cm³/mol. The van der Waals surface area contributed by atoms with Crippen LogP contribution in [0.2, 0.25) is 0 Å². The van der Waals surface area contributed by atoms with Gasteiger partial charge in [-0.25, -0.2) is 0 Å². The van der Waals surface area contributed by atoms with Crippen molar-refractivity contribution in [1.82, 2.24) is 15.1 Å². The van der Waals surface area contributed by atoms with Crippen molar-refractivity contribution in [3.63, 3.8) is 0 Å². The van der Waals surface area contributed by atoms with Gasteiger partial charge in [0.2, 0.25) is 0 Å². The highest BCUT2D eigenvalue weighted by Crippen LogP contribution is 2.21. The third-order valence-electron chi connectivity index (χ3n) is 5.93.